The van der Waals surface area contributed by atoms with Gasteiger partial charge in [0.05, 0.1) is 12.1 Å². The van der Waals surface area contributed by atoms with Crippen LogP contribution in [0, 0.1) is 0 Å². The standard InChI is InChI=1S/C13H18F3N3.HI/c1-4-17-12(19(2)3)18-9-10-5-7-11(8-6-10)13(14,15)16;/h5-8H,4,9H2,1-3H3,(H,17,18);1H. The van der Waals surface area contributed by atoms with Crippen molar-refractivity contribution in [2.45, 2.75) is 19.6 Å². The highest BCUT2D eigenvalue weighted by molar-refractivity contribution is 14.0. The number of benzene rings is 1. The van der Waals surface area contributed by atoms with Crippen molar-refractivity contribution >= 4 is 29.9 Å². The van der Waals surface area contributed by atoms with Gasteiger partial charge in [0.15, 0.2) is 5.96 Å². The molecule has 7 heteroatoms. The van der Waals surface area contributed by atoms with Crippen molar-refractivity contribution < 1.29 is 13.2 Å². The Morgan fingerprint density at radius 1 is 1.20 bits per heavy atom. The molecule has 1 aromatic rings. The number of hydrogen-bond acceptors (Lipinski definition) is 1. The first-order chi connectivity index (χ1) is 8.84. The third kappa shape index (κ3) is 5.98. The minimum atomic E-state index is -4.29. The fourth-order valence-electron chi connectivity index (χ4n) is 1.48. The van der Waals surface area contributed by atoms with E-state index >= 15 is 0 Å². The summed E-state index contributed by atoms with van der Waals surface area (Å²) >= 11 is 0. The highest BCUT2D eigenvalue weighted by Crippen LogP contribution is 2.29. The van der Waals surface area contributed by atoms with Crippen molar-refractivity contribution in [2.24, 2.45) is 4.99 Å². The van der Waals surface area contributed by atoms with Crippen LogP contribution in [0.15, 0.2) is 29.3 Å². The zero-order valence-corrected chi connectivity index (χ0v) is 14.0. The normalized spacial score (nSPS) is 11.8. The molecule has 0 heterocycles. The number of nitrogens with zero attached hydrogens (tertiary/aromatic N) is 2. The van der Waals surface area contributed by atoms with E-state index in [1.165, 1.54) is 12.1 Å². The lowest BCUT2D eigenvalue weighted by molar-refractivity contribution is -0.137. The molecule has 0 amide bonds. The number of aliphatic imine (C=N–C) groups is 1. The first-order valence-electron chi connectivity index (χ1n) is 5.96. The summed E-state index contributed by atoms with van der Waals surface area (Å²) in [7, 11) is 3.71. The lowest BCUT2D eigenvalue weighted by Gasteiger charge is -2.16. The van der Waals surface area contributed by atoms with Crippen molar-refractivity contribution in [3.05, 3.63) is 35.4 Å². The van der Waals surface area contributed by atoms with Crippen LogP contribution in [-0.4, -0.2) is 31.5 Å². The average molecular weight is 401 g/mol. The molecule has 0 saturated heterocycles. The predicted molar refractivity (Wildman–Crippen MR) is 85.4 cm³/mol. The van der Waals surface area contributed by atoms with Gasteiger partial charge in [-0.1, -0.05) is 12.1 Å². The quantitative estimate of drug-likeness (QED) is 0.478. The minimum absolute atomic E-state index is 0. The van der Waals surface area contributed by atoms with Gasteiger partial charge in [-0.15, -0.1) is 24.0 Å². The van der Waals surface area contributed by atoms with E-state index in [2.05, 4.69) is 10.3 Å². The molecule has 0 aliphatic rings. The predicted octanol–water partition coefficient (Wildman–Crippen LogP) is 3.35. The largest absolute Gasteiger partial charge is 0.416 e. The summed E-state index contributed by atoms with van der Waals surface area (Å²) in [5.74, 6) is 0.711. The van der Waals surface area contributed by atoms with E-state index in [0.29, 0.717) is 12.5 Å². The second-order valence-corrected chi connectivity index (χ2v) is 4.26. The van der Waals surface area contributed by atoms with Crippen LogP contribution in [0.25, 0.3) is 0 Å². The molecule has 114 valence electrons. The molecule has 0 atom stereocenters. The topological polar surface area (TPSA) is 27.6 Å². The molecule has 0 saturated carbocycles. The monoisotopic (exact) mass is 401 g/mol. The van der Waals surface area contributed by atoms with Crippen LogP contribution >= 0.6 is 24.0 Å². The lowest BCUT2D eigenvalue weighted by atomic mass is 10.1. The smallest absolute Gasteiger partial charge is 0.357 e. The van der Waals surface area contributed by atoms with Gasteiger partial charge < -0.3 is 10.2 Å². The summed E-state index contributed by atoms with van der Waals surface area (Å²) in [5, 5.41) is 3.08. The van der Waals surface area contributed by atoms with Crippen molar-refractivity contribution in [3.63, 3.8) is 0 Å². The van der Waals surface area contributed by atoms with Crippen LogP contribution in [-0.2, 0) is 12.7 Å². The van der Waals surface area contributed by atoms with E-state index in [0.717, 1.165) is 24.2 Å². The Morgan fingerprint density at radius 3 is 2.15 bits per heavy atom. The van der Waals surface area contributed by atoms with Crippen molar-refractivity contribution in [2.75, 3.05) is 20.6 Å². The van der Waals surface area contributed by atoms with Crippen LogP contribution in [0.2, 0.25) is 0 Å². The molecule has 1 N–H and O–H groups in total. The molecule has 1 aromatic carbocycles. The van der Waals surface area contributed by atoms with E-state index in [1.807, 2.05) is 25.9 Å². The van der Waals surface area contributed by atoms with Gasteiger partial charge >= 0.3 is 6.18 Å². The first kappa shape index (κ1) is 19.0. The molecule has 0 bridgehead atoms. The fraction of sp³-hybridized carbons (Fsp3) is 0.462. The van der Waals surface area contributed by atoms with Gasteiger partial charge in [-0.3, -0.25) is 0 Å². The molecule has 0 radical (unpaired) electrons. The summed E-state index contributed by atoms with van der Waals surface area (Å²) in [6.45, 7) is 3.04. The van der Waals surface area contributed by atoms with Crippen LogP contribution in [0.3, 0.4) is 0 Å². The summed E-state index contributed by atoms with van der Waals surface area (Å²) in [6, 6.07) is 5.05. The maximum atomic E-state index is 12.4. The van der Waals surface area contributed by atoms with Crippen LogP contribution in [0.1, 0.15) is 18.1 Å². The Kier molecular flexibility index (Phi) is 7.92. The molecular weight excluding hydrogens is 382 g/mol. The van der Waals surface area contributed by atoms with Gasteiger partial charge in [-0.05, 0) is 24.6 Å². The Bertz CT molecular complexity index is 427. The molecule has 0 spiro atoms. The third-order valence-electron chi connectivity index (χ3n) is 2.45. The van der Waals surface area contributed by atoms with E-state index in [4.69, 9.17) is 0 Å². The number of rotatable bonds is 3. The first-order valence-corrected chi connectivity index (χ1v) is 5.96. The van der Waals surface area contributed by atoms with E-state index in [1.54, 1.807) is 0 Å². The molecule has 0 fully saturated rings. The van der Waals surface area contributed by atoms with Gasteiger partial charge in [0.1, 0.15) is 0 Å². The second-order valence-electron chi connectivity index (χ2n) is 4.26. The maximum Gasteiger partial charge on any atom is 0.416 e. The third-order valence-corrected chi connectivity index (χ3v) is 2.45. The molecule has 3 nitrogen and oxygen atoms in total. The highest BCUT2D eigenvalue weighted by atomic mass is 127. The minimum Gasteiger partial charge on any atom is -0.357 e. The summed E-state index contributed by atoms with van der Waals surface area (Å²) < 4.78 is 37.2. The molecule has 0 unspecified atom stereocenters. The summed E-state index contributed by atoms with van der Waals surface area (Å²) in [5.41, 5.74) is 0.102. The van der Waals surface area contributed by atoms with Gasteiger partial charge in [-0.2, -0.15) is 13.2 Å². The number of nitrogens with one attached hydrogen (secondary N) is 1. The van der Waals surface area contributed by atoms with Gasteiger partial charge in [0.25, 0.3) is 0 Å². The van der Waals surface area contributed by atoms with Gasteiger partial charge in [0.2, 0.25) is 0 Å². The van der Waals surface area contributed by atoms with E-state index in [-0.39, 0.29) is 24.0 Å². The molecule has 0 aliphatic carbocycles. The zero-order valence-electron chi connectivity index (χ0n) is 11.7. The van der Waals surface area contributed by atoms with Gasteiger partial charge in [0, 0.05) is 20.6 Å². The van der Waals surface area contributed by atoms with Crippen molar-refractivity contribution in [1.29, 1.82) is 0 Å². The van der Waals surface area contributed by atoms with E-state index < -0.39 is 11.7 Å². The number of alkyl halides is 3. The Labute approximate surface area is 134 Å². The fourth-order valence-corrected chi connectivity index (χ4v) is 1.48. The maximum absolute atomic E-state index is 12.4. The molecule has 0 aliphatic heterocycles. The Hall–Kier alpha value is -0.990. The Balaban J connectivity index is 0.00000361. The molecule has 1 rings (SSSR count). The SMILES string of the molecule is CCNC(=NCc1ccc(C(F)(F)F)cc1)N(C)C.I. The van der Waals surface area contributed by atoms with Crippen molar-refractivity contribution in [3.8, 4) is 0 Å². The Morgan fingerprint density at radius 2 is 1.75 bits per heavy atom. The highest BCUT2D eigenvalue weighted by Gasteiger charge is 2.29. The number of hydrogen-bond donors (Lipinski definition) is 1. The molecular formula is C13H19F3IN3. The van der Waals surface area contributed by atoms with Crippen LogP contribution < -0.4 is 5.32 Å². The molecule has 20 heavy (non-hydrogen) atoms. The second kappa shape index (κ2) is 8.33. The van der Waals surface area contributed by atoms with Crippen molar-refractivity contribution in [1.82, 2.24) is 10.2 Å². The zero-order chi connectivity index (χ0) is 14.5. The van der Waals surface area contributed by atoms with E-state index in [9.17, 15) is 13.2 Å². The lowest BCUT2D eigenvalue weighted by Crippen LogP contribution is -2.36. The van der Waals surface area contributed by atoms with Crippen LogP contribution in [0.5, 0.6) is 0 Å². The number of halogens is 4. The number of guanidine groups is 1. The summed E-state index contributed by atoms with van der Waals surface area (Å²) in [4.78, 5) is 6.15. The van der Waals surface area contributed by atoms with Gasteiger partial charge in [-0.25, -0.2) is 4.99 Å². The molecule has 0 aromatic heterocycles. The van der Waals surface area contributed by atoms with Crippen LogP contribution in [0.4, 0.5) is 13.2 Å². The average Bonchev–Trinajstić information content (AvgIpc) is 2.33. The summed E-state index contributed by atoms with van der Waals surface area (Å²) in [6.07, 6.45) is -4.29.